The lowest BCUT2D eigenvalue weighted by Crippen LogP contribution is -2.37. The van der Waals surface area contributed by atoms with Gasteiger partial charge < -0.3 is 20.1 Å². The number of hydrogen-bond acceptors (Lipinski definition) is 3. The minimum absolute atomic E-state index is 0.0954. The molecule has 2 N–H and O–H groups in total. The van der Waals surface area contributed by atoms with Crippen molar-refractivity contribution in [3.63, 3.8) is 0 Å². The van der Waals surface area contributed by atoms with Gasteiger partial charge in [0.25, 0.3) is 0 Å². The molecule has 0 aromatic heterocycles. The van der Waals surface area contributed by atoms with Crippen LogP contribution in [-0.4, -0.2) is 42.2 Å². The van der Waals surface area contributed by atoms with Gasteiger partial charge in [-0.15, -0.1) is 0 Å². The van der Waals surface area contributed by atoms with Crippen LogP contribution in [0.1, 0.15) is 31.1 Å². The number of anilines is 1. The van der Waals surface area contributed by atoms with Crippen LogP contribution in [0.4, 0.5) is 10.5 Å². The van der Waals surface area contributed by atoms with Crippen LogP contribution in [0.5, 0.6) is 5.75 Å². The van der Waals surface area contributed by atoms with Crippen molar-refractivity contribution in [1.29, 1.82) is 0 Å². The van der Waals surface area contributed by atoms with Gasteiger partial charge in [-0.25, -0.2) is 9.59 Å². The molecule has 6 heteroatoms. The standard InChI is InChI=1S/C15H22N2O4/c1-5-17(9-10(2)3)15(20)16-12-8-11(14(18)19)6-7-13(12)21-4/h6-8,10H,5,9H2,1-4H3,(H,16,20)(H,18,19). The summed E-state index contributed by atoms with van der Waals surface area (Å²) in [6, 6.07) is 4.08. The summed E-state index contributed by atoms with van der Waals surface area (Å²) in [5.74, 6) is -0.278. The van der Waals surface area contributed by atoms with Crippen LogP contribution < -0.4 is 10.1 Å². The number of hydrogen-bond donors (Lipinski definition) is 2. The number of nitrogens with zero attached hydrogens (tertiary/aromatic N) is 1. The second-order valence-corrected chi connectivity index (χ2v) is 5.08. The molecule has 0 heterocycles. The molecule has 1 aromatic carbocycles. The maximum absolute atomic E-state index is 12.2. The fourth-order valence-corrected chi connectivity index (χ4v) is 1.93. The molecule has 0 bridgehead atoms. The van der Waals surface area contributed by atoms with E-state index in [1.165, 1.54) is 25.3 Å². The average molecular weight is 294 g/mol. The molecule has 0 saturated heterocycles. The number of aromatic carboxylic acids is 1. The zero-order valence-electron chi connectivity index (χ0n) is 12.8. The molecule has 1 aromatic rings. The molecule has 116 valence electrons. The van der Waals surface area contributed by atoms with E-state index in [0.717, 1.165) is 0 Å². The van der Waals surface area contributed by atoms with E-state index in [2.05, 4.69) is 5.32 Å². The highest BCUT2D eigenvalue weighted by molar-refractivity contribution is 5.94. The molecule has 2 amide bonds. The number of benzene rings is 1. The summed E-state index contributed by atoms with van der Waals surface area (Å²) < 4.78 is 5.15. The predicted octanol–water partition coefficient (Wildman–Crippen LogP) is 2.90. The predicted molar refractivity (Wildman–Crippen MR) is 81.1 cm³/mol. The van der Waals surface area contributed by atoms with Crippen LogP contribution in [-0.2, 0) is 0 Å². The highest BCUT2D eigenvalue weighted by Crippen LogP contribution is 2.26. The van der Waals surface area contributed by atoms with Crippen molar-refractivity contribution in [2.24, 2.45) is 5.92 Å². The number of nitrogens with one attached hydrogen (secondary N) is 1. The van der Waals surface area contributed by atoms with Crippen LogP contribution in [0, 0.1) is 5.92 Å². The van der Waals surface area contributed by atoms with Crippen LogP contribution >= 0.6 is 0 Å². The van der Waals surface area contributed by atoms with E-state index in [-0.39, 0.29) is 11.6 Å². The molecule has 0 radical (unpaired) electrons. The maximum atomic E-state index is 12.2. The van der Waals surface area contributed by atoms with Crippen molar-refractivity contribution < 1.29 is 19.4 Å². The first-order chi connectivity index (χ1) is 9.88. The van der Waals surface area contributed by atoms with Gasteiger partial charge in [-0.1, -0.05) is 13.8 Å². The molecule has 0 unspecified atom stereocenters. The third-order valence-corrected chi connectivity index (χ3v) is 2.94. The lowest BCUT2D eigenvalue weighted by molar-refractivity contribution is 0.0697. The molecule has 0 atom stereocenters. The Bertz CT molecular complexity index is 514. The molecule has 0 saturated carbocycles. The fourth-order valence-electron chi connectivity index (χ4n) is 1.93. The van der Waals surface area contributed by atoms with Crippen molar-refractivity contribution in [1.82, 2.24) is 4.90 Å². The SMILES string of the molecule is CCN(CC(C)C)C(=O)Nc1cc(C(=O)O)ccc1OC. The number of carbonyl (C=O) groups excluding carboxylic acids is 1. The first kappa shape index (κ1) is 16.8. The van der Waals surface area contributed by atoms with Gasteiger partial charge in [-0.2, -0.15) is 0 Å². The number of carboxylic acid groups (broad SMARTS) is 1. The van der Waals surface area contributed by atoms with Gasteiger partial charge in [0.1, 0.15) is 5.75 Å². The average Bonchev–Trinajstić information content (AvgIpc) is 2.44. The Hall–Kier alpha value is -2.24. The third-order valence-electron chi connectivity index (χ3n) is 2.94. The largest absolute Gasteiger partial charge is 0.495 e. The number of urea groups is 1. The topological polar surface area (TPSA) is 78.9 Å². The Balaban J connectivity index is 2.96. The Morgan fingerprint density at radius 3 is 2.52 bits per heavy atom. The fraction of sp³-hybridized carbons (Fsp3) is 0.467. The van der Waals surface area contributed by atoms with Crippen LogP contribution in [0.15, 0.2) is 18.2 Å². The Kier molecular flexibility index (Phi) is 6.02. The van der Waals surface area contributed by atoms with Gasteiger partial charge in [-0.3, -0.25) is 0 Å². The first-order valence-electron chi connectivity index (χ1n) is 6.86. The van der Waals surface area contributed by atoms with E-state index in [4.69, 9.17) is 9.84 Å². The lowest BCUT2D eigenvalue weighted by Gasteiger charge is -2.23. The molecule has 21 heavy (non-hydrogen) atoms. The van der Waals surface area contributed by atoms with Gasteiger partial charge in [0, 0.05) is 13.1 Å². The highest BCUT2D eigenvalue weighted by Gasteiger charge is 2.16. The smallest absolute Gasteiger partial charge is 0.335 e. The van der Waals surface area contributed by atoms with Crippen molar-refractivity contribution in [2.75, 3.05) is 25.5 Å². The highest BCUT2D eigenvalue weighted by atomic mass is 16.5. The molecule has 6 nitrogen and oxygen atoms in total. The van der Waals surface area contributed by atoms with Crippen molar-refractivity contribution >= 4 is 17.7 Å². The molecule has 0 aliphatic rings. The summed E-state index contributed by atoms with van der Waals surface area (Å²) in [6.07, 6.45) is 0. The van der Waals surface area contributed by atoms with Crippen molar-refractivity contribution in [2.45, 2.75) is 20.8 Å². The van der Waals surface area contributed by atoms with Gasteiger partial charge >= 0.3 is 12.0 Å². The molecular formula is C15H22N2O4. The van der Waals surface area contributed by atoms with Crippen LogP contribution in [0.25, 0.3) is 0 Å². The monoisotopic (exact) mass is 294 g/mol. The second kappa shape index (κ2) is 7.52. The minimum Gasteiger partial charge on any atom is -0.495 e. The van der Waals surface area contributed by atoms with E-state index < -0.39 is 5.97 Å². The van der Waals surface area contributed by atoms with Gasteiger partial charge in [-0.05, 0) is 31.0 Å². The molecule has 0 aliphatic heterocycles. The molecule has 1 rings (SSSR count). The number of methoxy groups -OCH3 is 1. The zero-order chi connectivity index (χ0) is 16.0. The third kappa shape index (κ3) is 4.66. The molecule has 0 aliphatic carbocycles. The van der Waals surface area contributed by atoms with E-state index in [0.29, 0.717) is 30.4 Å². The summed E-state index contributed by atoms with van der Waals surface area (Å²) in [7, 11) is 1.47. The Labute approximate surface area is 124 Å². The van der Waals surface area contributed by atoms with Gasteiger partial charge in [0.2, 0.25) is 0 Å². The van der Waals surface area contributed by atoms with E-state index >= 15 is 0 Å². The number of carboxylic acids is 1. The number of carbonyl (C=O) groups is 2. The zero-order valence-corrected chi connectivity index (χ0v) is 12.8. The van der Waals surface area contributed by atoms with E-state index in [9.17, 15) is 9.59 Å². The maximum Gasteiger partial charge on any atom is 0.335 e. The normalized spacial score (nSPS) is 10.3. The minimum atomic E-state index is -1.05. The van der Waals surface area contributed by atoms with Crippen molar-refractivity contribution in [3.05, 3.63) is 23.8 Å². The lowest BCUT2D eigenvalue weighted by atomic mass is 10.2. The van der Waals surface area contributed by atoms with E-state index in [1.807, 2.05) is 20.8 Å². The number of rotatable bonds is 6. The Morgan fingerprint density at radius 1 is 1.38 bits per heavy atom. The summed E-state index contributed by atoms with van der Waals surface area (Å²) in [4.78, 5) is 24.9. The molecular weight excluding hydrogens is 272 g/mol. The van der Waals surface area contributed by atoms with E-state index in [1.54, 1.807) is 4.90 Å². The molecule has 0 fully saturated rings. The van der Waals surface area contributed by atoms with Crippen molar-refractivity contribution in [3.8, 4) is 5.75 Å². The number of amides is 2. The quantitative estimate of drug-likeness (QED) is 0.845. The van der Waals surface area contributed by atoms with Crippen LogP contribution in [0.3, 0.4) is 0 Å². The summed E-state index contributed by atoms with van der Waals surface area (Å²) >= 11 is 0. The number of ether oxygens (including phenoxy) is 1. The first-order valence-corrected chi connectivity index (χ1v) is 6.86. The Morgan fingerprint density at radius 2 is 2.05 bits per heavy atom. The van der Waals surface area contributed by atoms with Crippen LogP contribution in [0.2, 0.25) is 0 Å². The van der Waals surface area contributed by atoms with Gasteiger partial charge in [0.15, 0.2) is 0 Å². The summed E-state index contributed by atoms with van der Waals surface area (Å²) in [5.41, 5.74) is 0.447. The summed E-state index contributed by atoms with van der Waals surface area (Å²) in [6.45, 7) is 7.16. The molecule has 0 spiro atoms. The van der Waals surface area contributed by atoms with Gasteiger partial charge in [0.05, 0.1) is 18.4 Å². The summed E-state index contributed by atoms with van der Waals surface area (Å²) in [5, 5.41) is 11.7. The second-order valence-electron chi connectivity index (χ2n) is 5.08.